The van der Waals surface area contributed by atoms with Crippen LogP contribution in [0.1, 0.15) is 43.0 Å². The van der Waals surface area contributed by atoms with Crippen LogP contribution in [0.2, 0.25) is 0 Å². The molecule has 3 rings (SSSR count). The maximum atomic E-state index is 14.0. The van der Waals surface area contributed by atoms with E-state index in [0.29, 0.717) is 6.04 Å². The Morgan fingerprint density at radius 2 is 1.87 bits per heavy atom. The third-order valence-corrected chi connectivity index (χ3v) is 4.67. The highest BCUT2D eigenvalue weighted by Crippen LogP contribution is 2.32. The SMILES string of the molecule is CC(=O)c1cc(O)cc(F)c1NC(=O)C1CCN(C2CC2)CC1. The molecule has 1 aromatic rings. The summed E-state index contributed by atoms with van der Waals surface area (Å²) in [5.41, 5.74) is -0.142. The van der Waals surface area contributed by atoms with Crippen LogP contribution >= 0.6 is 0 Å². The van der Waals surface area contributed by atoms with Crippen LogP contribution in [0.15, 0.2) is 12.1 Å². The molecule has 6 heteroatoms. The number of piperidine rings is 1. The van der Waals surface area contributed by atoms with Crippen molar-refractivity contribution in [2.24, 2.45) is 5.92 Å². The Hall–Kier alpha value is -1.95. The third kappa shape index (κ3) is 3.52. The number of phenolic OH excluding ortho intramolecular Hbond substituents is 1. The van der Waals surface area contributed by atoms with Crippen LogP contribution < -0.4 is 5.32 Å². The lowest BCUT2D eigenvalue weighted by Crippen LogP contribution is -2.39. The zero-order valence-corrected chi connectivity index (χ0v) is 13.1. The van der Waals surface area contributed by atoms with E-state index in [0.717, 1.165) is 32.0 Å². The van der Waals surface area contributed by atoms with Crippen molar-refractivity contribution in [1.29, 1.82) is 0 Å². The summed E-state index contributed by atoms with van der Waals surface area (Å²) >= 11 is 0. The number of phenols is 1. The van der Waals surface area contributed by atoms with Crippen LogP contribution in [0.4, 0.5) is 10.1 Å². The molecule has 1 aliphatic carbocycles. The fourth-order valence-electron chi connectivity index (χ4n) is 3.19. The van der Waals surface area contributed by atoms with E-state index in [2.05, 4.69) is 10.2 Å². The highest BCUT2D eigenvalue weighted by molar-refractivity contribution is 6.04. The molecule has 1 heterocycles. The maximum Gasteiger partial charge on any atom is 0.227 e. The summed E-state index contributed by atoms with van der Waals surface area (Å²) in [6.45, 7) is 3.05. The van der Waals surface area contributed by atoms with Crippen LogP contribution in [0, 0.1) is 11.7 Å². The maximum absolute atomic E-state index is 14.0. The Balaban J connectivity index is 1.69. The molecule has 2 fully saturated rings. The third-order valence-electron chi connectivity index (χ3n) is 4.67. The molecule has 0 unspecified atom stereocenters. The number of rotatable bonds is 4. The summed E-state index contributed by atoms with van der Waals surface area (Å²) < 4.78 is 14.0. The number of likely N-dealkylation sites (tertiary alicyclic amines) is 1. The lowest BCUT2D eigenvalue weighted by atomic mass is 9.95. The number of hydrogen-bond donors (Lipinski definition) is 2. The quantitative estimate of drug-likeness (QED) is 0.661. The number of Topliss-reactive ketones (excluding diaryl/α,β-unsaturated/α-hetero) is 1. The van der Waals surface area contributed by atoms with Gasteiger partial charge in [-0.15, -0.1) is 0 Å². The molecule has 0 atom stereocenters. The summed E-state index contributed by atoms with van der Waals surface area (Å²) in [5, 5.41) is 12.0. The molecular formula is C17H21FN2O3. The van der Waals surface area contributed by atoms with Crippen LogP contribution in [0.3, 0.4) is 0 Å². The van der Waals surface area contributed by atoms with Gasteiger partial charge in [-0.2, -0.15) is 0 Å². The van der Waals surface area contributed by atoms with Crippen molar-refractivity contribution in [2.75, 3.05) is 18.4 Å². The van der Waals surface area contributed by atoms with Gasteiger partial charge in [-0.25, -0.2) is 4.39 Å². The van der Waals surface area contributed by atoms with Gasteiger partial charge in [0, 0.05) is 23.6 Å². The Bertz CT molecular complexity index is 635. The van der Waals surface area contributed by atoms with Crippen molar-refractivity contribution in [2.45, 2.75) is 38.6 Å². The van der Waals surface area contributed by atoms with E-state index >= 15 is 0 Å². The second-order valence-electron chi connectivity index (χ2n) is 6.44. The second kappa shape index (κ2) is 6.28. The number of anilines is 1. The smallest absolute Gasteiger partial charge is 0.227 e. The zero-order chi connectivity index (χ0) is 16.6. The minimum absolute atomic E-state index is 0.00809. The molecule has 23 heavy (non-hydrogen) atoms. The van der Waals surface area contributed by atoms with E-state index in [1.165, 1.54) is 25.8 Å². The van der Waals surface area contributed by atoms with Gasteiger partial charge in [-0.3, -0.25) is 9.59 Å². The van der Waals surface area contributed by atoms with Crippen molar-refractivity contribution in [3.63, 3.8) is 0 Å². The molecular weight excluding hydrogens is 299 g/mol. The van der Waals surface area contributed by atoms with Crippen molar-refractivity contribution in [3.05, 3.63) is 23.5 Å². The molecule has 1 saturated carbocycles. The van der Waals surface area contributed by atoms with Crippen LogP contribution in [-0.4, -0.2) is 40.8 Å². The summed E-state index contributed by atoms with van der Waals surface area (Å²) in [6, 6.07) is 2.77. The van der Waals surface area contributed by atoms with Gasteiger partial charge in [0.05, 0.1) is 5.69 Å². The number of halogens is 1. The van der Waals surface area contributed by atoms with Crippen LogP contribution in [-0.2, 0) is 4.79 Å². The zero-order valence-electron chi connectivity index (χ0n) is 13.1. The first-order valence-corrected chi connectivity index (χ1v) is 8.04. The van der Waals surface area contributed by atoms with Crippen molar-refractivity contribution in [3.8, 4) is 5.75 Å². The highest BCUT2D eigenvalue weighted by Gasteiger charge is 2.34. The second-order valence-corrected chi connectivity index (χ2v) is 6.44. The number of benzene rings is 1. The van der Waals surface area contributed by atoms with E-state index in [9.17, 15) is 19.1 Å². The highest BCUT2D eigenvalue weighted by atomic mass is 19.1. The fraction of sp³-hybridized carbons (Fsp3) is 0.529. The van der Waals surface area contributed by atoms with Gasteiger partial charge in [-0.1, -0.05) is 0 Å². The Kier molecular flexibility index (Phi) is 4.35. The van der Waals surface area contributed by atoms with Crippen molar-refractivity contribution >= 4 is 17.4 Å². The number of nitrogens with zero attached hydrogens (tertiary/aromatic N) is 1. The number of nitrogens with one attached hydrogen (secondary N) is 1. The van der Waals surface area contributed by atoms with Crippen molar-refractivity contribution < 1.29 is 19.1 Å². The molecule has 2 N–H and O–H groups in total. The molecule has 0 spiro atoms. The minimum atomic E-state index is -0.793. The summed E-state index contributed by atoms with van der Waals surface area (Å²) in [5.74, 6) is -1.95. The fourth-order valence-corrected chi connectivity index (χ4v) is 3.19. The predicted octanol–water partition coefficient (Wildman–Crippen LogP) is 2.55. The first-order valence-electron chi connectivity index (χ1n) is 8.04. The van der Waals surface area contributed by atoms with E-state index < -0.39 is 11.6 Å². The normalized spacial score (nSPS) is 19.6. The van der Waals surface area contributed by atoms with Crippen LogP contribution in [0.5, 0.6) is 5.75 Å². The Morgan fingerprint density at radius 3 is 2.43 bits per heavy atom. The number of hydrogen-bond acceptors (Lipinski definition) is 4. The standard InChI is InChI=1S/C17H21FN2O3/c1-10(21)14-8-13(22)9-15(18)16(14)19-17(23)11-4-6-20(7-5-11)12-2-3-12/h8-9,11-12,22H,2-7H2,1H3,(H,19,23). The lowest BCUT2D eigenvalue weighted by Gasteiger charge is -2.31. The topological polar surface area (TPSA) is 69.6 Å². The van der Waals surface area contributed by atoms with E-state index in [4.69, 9.17) is 0 Å². The molecule has 124 valence electrons. The van der Waals surface area contributed by atoms with Gasteiger partial charge >= 0.3 is 0 Å². The van der Waals surface area contributed by atoms with E-state index in [-0.39, 0.29) is 28.8 Å². The van der Waals surface area contributed by atoms with Gasteiger partial charge in [0.2, 0.25) is 5.91 Å². The number of carbonyl (C=O) groups excluding carboxylic acids is 2. The molecule has 0 radical (unpaired) electrons. The Labute approximate surface area is 134 Å². The first kappa shape index (κ1) is 15.9. The average Bonchev–Trinajstić information content (AvgIpc) is 3.34. The number of aromatic hydroxyl groups is 1. The first-order chi connectivity index (χ1) is 11.0. The summed E-state index contributed by atoms with van der Waals surface area (Å²) in [4.78, 5) is 26.4. The van der Waals surface area contributed by atoms with Gasteiger partial charge < -0.3 is 15.3 Å². The molecule has 1 saturated heterocycles. The summed E-state index contributed by atoms with van der Waals surface area (Å²) in [7, 11) is 0. The molecule has 1 aliphatic heterocycles. The average molecular weight is 320 g/mol. The van der Waals surface area contributed by atoms with Crippen molar-refractivity contribution in [1.82, 2.24) is 4.90 Å². The number of carbonyl (C=O) groups is 2. The largest absolute Gasteiger partial charge is 0.508 e. The molecule has 5 nitrogen and oxygen atoms in total. The lowest BCUT2D eigenvalue weighted by molar-refractivity contribution is -0.121. The number of ketones is 1. The minimum Gasteiger partial charge on any atom is -0.508 e. The van der Waals surface area contributed by atoms with E-state index in [1.54, 1.807) is 0 Å². The molecule has 0 bridgehead atoms. The van der Waals surface area contributed by atoms with E-state index in [1.807, 2.05) is 0 Å². The Morgan fingerprint density at radius 1 is 1.22 bits per heavy atom. The van der Waals surface area contributed by atoms with Crippen LogP contribution in [0.25, 0.3) is 0 Å². The number of amides is 1. The van der Waals surface area contributed by atoms with Gasteiger partial charge in [-0.05, 0) is 51.8 Å². The van der Waals surface area contributed by atoms with Gasteiger partial charge in [0.15, 0.2) is 11.6 Å². The predicted molar refractivity (Wildman–Crippen MR) is 84.0 cm³/mol. The van der Waals surface area contributed by atoms with Gasteiger partial charge in [0.1, 0.15) is 5.75 Å². The molecule has 1 amide bonds. The van der Waals surface area contributed by atoms with Gasteiger partial charge in [0.25, 0.3) is 0 Å². The molecule has 0 aromatic heterocycles. The molecule has 1 aromatic carbocycles. The monoisotopic (exact) mass is 320 g/mol. The summed E-state index contributed by atoms with van der Waals surface area (Å²) in [6.07, 6.45) is 3.99. The molecule has 2 aliphatic rings.